The number of ether oxygens (including phenoxy) is 2. The van der Waals surface area contributed by atoms with Crippen LogP contribution in [0.25, 0.3) is 11.1 Å². The molecule has 2 heterocycles. The van der Waals surface area contributed by atoms with E-state index in [1.54, 1.807) is 11.8 Å². The summed E-state index contributed by atoms with van der Waals surface area (Å²) in [5, 5.41) is 22.9. The number of nitrogens with one attached hydrogen (secondary N) is 2. The fourth-order valence-corrected chi connectivity index (χ4v) is 4.46. The van der Waals surface area contributed by atoms with Gasteiger partial charge in [-0.1, -0.05) is 59.8 Å². The second-order valence-corrected chi connectivity index (χ2v) is 9.80. The van der Waals surface area contributed by atoms with E-state index in [2.05, 4.69) is 20.7 Å². The summed E-state index contributed by atoms with van der Waals surface area (Å²) >= 11 is 0. The summed E-state index contributed by atoms with van der Waals surface area (Å²) in [6, 6.07) is 17.3. The van der Waals surface area contributed by atoms with Gasteiger partial charge in [0.05, 0.1) is 31.4 Å². The Morgan fingerprint density at radius 3 is 2.44 bits per heavy atom. The Hall–Kier alpha value is -4.09. The van der Waals surface area contributed by atoms with Crippen LogP contribution in [-0.4, -0.2) is 88.8 Å². The second kappa shape index (κ2) is 13.1. The minimum absolute atomic E-state index is 0.0713. The molecule has 1 fully saturated rings. The average molecular weight is 536 g/mol. The molecule has 11 nitrogen and oxygen atoms in total. The van der Waals surface area contributed by atoms with Gasteiger partial charge in [0, 0.05) is 19.1 Å². The lowest BCUT2D eigenvalue weighted by molar-refractivity contribution is -0.164. The molecule has 2 aromatic carbocycles. The van der Waals surface area contributed by atoms with Crippen LogP contribution in [0, 0.1) is 5.41 Å². The minimum atomic E-state index is -1.36. The highest BCUT2D eigenvalue weighted by atomic mass is 16.5. The zero-order valence-corrected chi connectivity index (χ0v) is 21.8. The highest BCUT2D eigenvalue weighted by Crippen LogP contribution is 2.27. The molecule has 4 rings (SSSR count). The number of nitrogens with zero attached hydrogens (tertiary/aromatic N) is 3. The van der Waals surface area contributed by atoms with Crippen LogP contribution in [0.4, 0.5) is 0 Å². The van der Waals surface area contributed by atoms with Gasteiger partial charge < -0.3 is 24.8 Å². The number of hydrogen-bond donors (Lipinski definition) is 3. The van der Waals surface area contributed by atoms with E-state index in [9.17, 15) is 19.5 Å². The monoisotopic (exact) mass is 535 g/mol. The Morgan fingerprint density at radius 1 is 1.10 bits per heavy atom. The van der Waals surface area contributed by atoms with Gasteiger partial charge in [0.25, 0.3) is 11.8 Å². The molecular weight excluding hydrogens is 502 g/mol. The third-order valence-electron chi connectivity index (χ3n) is 6.77. The number of aromatic nitrogens is 3. The third-order valence-corrected chi connectivity index (χ3v) is 6.77. The van der Waals surface area contributed by atoms with Crippen LogP contribution in [0.1, 0.15) is 29.4 Å². The number of hydrogen-bond acceptors (Lipinski definition) is 8. The van der Waals surface area contributed by atoms with Crippen LogP contribution in [-0.2, 0) is 25.5 Å². The van der Waals surface area contributed by atoms with Gasteiger partial charge in [-0.2, -0.15) is 0 Å². The van der Waals surface area contributed by atoms with Crippen LogP contribution in [0.2, 0.25) is 0 Å². The summed E-state index contributed by atoms with van der Waals surface area (Å²) in [7, 11) is 0. The number of aliphatic hydroxyl groups excluding tert-OH is 1. The molecule has 1 aromatic heterocycles. The quantitative estimate of drug-likeness (QED) is 0.314. The first-order valence-corrected chi connectivity index (χ1v) is 12.8. The summed E-state index contributed by atoms with van der Waals surface area (Å²) in [5.41, 5.74) is 1.88. The topological polar surface area (TPSA) is 147 Å². The predicted octanol–water partition coefficient (Wildman–Crippen LogP) is 1.60. The van der Waals surface area contributed by atoms with Gasteiger partial charge >= 0.3 is 5.97 Å². The number of H-pyrrole nitrogens is 1. The molecule has 0 aliphatic carbocycles. The first-order chi connectivity index (χ1) is 18.9. The fraction of sp³-hybridized carbons (Fsp3) is 0.393. The normalized spacial score (nSPS) is 15.7. The molecule has 1 aliphatic heterocycles. The van der Waals surface area contributed by atoms with Crippen LogP contribution in [0.15, 0.2) is 60.8 Å². The van der Waals surface area contributed by atoms with Crippen LogP contribution in [0.5, 0.6) is 0 Å². The van der Waals surface area contributed by atoms with Crippen LogP contribution < -0.4 is 5.32 Å². The average Bonchev–Trinajstić information content (AvgIpc) is 3.52. The molecule has 0 bridgehead atoms. The molecule has 3 N–H and O–H groups in total. The van der Waals surface area contributed by atoms with Crippen molar-refractivity contribution in [1.82, 2.24) is 25.6 Å². The molecule has 3 aromatic rings. The largest absolute Gasteiger partial charge is 0.455 e. The molecule has 0 saturated carbocycles. The van der Waals surface area contributed by atoms with E-state index in [0.29, 0.717) is 32.7 Å². The van der Waals surface area contributed by atoms with E-state index in [-0.39, 0.29) is 18.0 Å². The number of carbonyl (C=O) groups is 3. The highest BCUT2D eigenvalue weighted by molar-refractivity contribution is 5.92. The second-order valence-electron chi connectivity index (χ2n) is 9.80. The lowest BCUT2D eigenvalue weighted by Crippen LogP contribution is -2.46. The summed E-state index contributed by atoms with van der Waals surface area (Å²) in [6.07, 6.45) is 1.76. The molecule has 2 atom stereocenters. The molecule has 206 valence electrons. The van der Waals surface area contributed by atoms with E-state index >= 15 is 0 Å². The molecular formula is C28H33N5O6. The van der Waals surface area contributed by atoms with Gasteiger partial charge in [0.1, 0.15) is 5.69 Å². The molecule has 11 heteroatoms. The molecule has 1 saturated heterocycles. The van der Waals surface area contributed by atoms with E-state index in [4.69, 9.17) is 9.47 Å². The molecule has 0 spiro atoms. The van der Waals surface area contributed by atoms with Gasteiger partial charge in [0.15, 0.2) is 6.61 Å². The van der Waals surface area contributed by atoms with Crippen LogP contribution in [0.3, 0.4) is 0 Å². The number of carbonyl (C=O) groups excluding carboxylic acids is 3. The fourth-order valence-electron chi connectivity index (χ4n) is 4.46. The van der Waals surface area contributed by atoms with Crippen molar-refractivity contribution < 1.29 is 29.0 Å². The SMILES string of the molecule is CC(CO)(CC(Cc1ccc(-c2ccccc2)cc1)NC(=O)c1cnn[nH]1)C(=O)OCC(=O)N1CCOCC1. The molecule has 0 radical (unpaired) electrons. The van der Waals surface area contributed by atoms with Crippen molar-refractivity contribution in [3.63, 3.8) is 0 Å². The van der Waals surface area contributed by atoms with Crippen molar-refractivity contribution in [3.05, 3.63) is 72.1 Å². The standard InChI is InChI=1S/C28H33N5O6/c1-28(19-34,27(37)39-18-25(35)33-11-13-38-14-12-33)16-23(30-26(36)24-17-29-32-31-24)15-20-7-9-22(10-8-20)21-5-3-2-4-6-21/h2-10,17,23,34H,11-16,18-19H2,1H3,(H,30,36)(H,29,31,32). The minimum Gasteiger partial charge on any atom is -0.455 e. The highest BCUT2D eigenvalue weighted by Gasteiger charge is 2.38. The first-order valence-electron chi connectivity index (χ1n) is 12.8. The number of amides is 2. The maximum atomic E-state index is 13.1. The van der Waals surface area contributed by atoms with Crippen molar-refractivity contribution in [2.75, 3.05) is 39.5 Å². The van der Waals surface area contributed by atoms with Crippen molar-refractivity contribution in [2.45, 2.75) is 25.8 Å². The van der Waals surface area contributed by atoms with E-state index in [1.165, 1.54) is 6.20 Å². The number of rotatable bonds is 11. The molecule has 2 amide bonds. The zero-order chi connectivity index (χ0) is 27.7. The maximum absolute atomic E-state index is 13.1. The van der Waals surface area contributed by atoms with Crippen molar-refractivity contribution in [2.24, 2.45) is 5.41 Å². The number of benzene rings is 2. The smallest absolute Gasteiger partial charge is 0.314 e. The van der Waals surface area contributed by atoms with Crippen molar-refractivity contribution >= 4 is 17.8 Å². The Labute approximate surface area is 226 Å². The number of aliphatic hydroxyl groups is 1. The summed E-state index contributed by atoms with van der Waals surface area (Å²) in [5.74, 6) is -1.47. The number of aromatic amines is 1. The van der Waals surface area contributed by atoms with E-state index in [1.807, 2.05) is 54.6 Å². The Kier molecular flexibility index (Phi) is 9.40. The Morgan fingerprint density at radius 2 is 1.79 bits per heavy atom. The molecule has 39 heavy (non-hydrogen) atoms. The predicted molar refractivity (Wildman–Crippen MR) is 141 cm³/mol. The van der Waals surface area contributed by atoms with Crippen LogP contribution >= 0.6 is 0 Å². The van der Waals surface area contributed by atoms with Crippen molar-refractivity contribution in [1.29, 1.82) is 0 Å². The van der Waals surface area contributed by atoms with Gasteiger partial charge in [-0.3, -0.25) is 19.5 Å². The Balaban J connectivity index is 1.45. The van der Waals surface area contributed by atoms with Gasteiger partial charge in [-0.05, 0) is 36.5 Å². The van der Waals surface area contributed by atoms with E-state index in [0.717, 1.165) is 16.7 Å². The molecule has 1 aliphatic rings. The van der Waals surface area contributed by atoms with E-state index < -0.39 is 36.5 Å². The summed E-state index contributed by atoms with van der Waals surface area (Å²) < 4.78 is 10.6. The zero-order valence-electron chi connectivity index (χ0n) is 21.8. The Bertz CT molecular complexity index is 1230. The van der Waals surface area contributed by atoms with Crippen molar-refractivity contribution in [3.8, 4) is 11.1 Å². The van der Waals surface area contributed by atoms with Gasteiger partial charge in [-0.25, -0.2) is 0 Å². The maximum Gasteiger partial charge on any atom is 0.314 e. The lowest BCUT2D eigenvalue weighted by atomic mass is 9.82. The third kappa shape index (κ3) is 7.49. The number of esters is 1. The summed E-state index contributed by atoms with van der Waals surface area (Å²) in [6.45, 7) is 2.36. The van der Waals surface area contributed by atoms with Gasteiger partial charge in [0.2, 0.25) is 0 Å². The van der Waals surface area contributed by atoms with Gasteiger partial charge in [-0.15, -0.1) is 5.10 Å². The summed E-state index contributed by atoms with van der Waals surface area (Å²) in [4.78, 5) is 39.9. The number of morpholine rings is 1. The lowest BCUT2D eigenvalue weighted by Gasteiger charge is -2.31. The molecule has 2 unspecified atom stereocenters. The first kappa shape index (κ1) is 27.9.